The van der Waals surface area contributed by atoms with Crippen LogP contribution in [-0.2, 0) is 11.3 Å². The van der Waals surface area contributed by atoms with E-state index < -0.39 is 12.4 Å². The zero-order valence-corrected chi connectivity index (χ0v) is 8.20. The van der Waals surface area contributed by atoms with Gasteiger partial charge in [-0.25, -0.2) is 4.39 Å². The van der Waals surface area contributed by atoms with Crippen LogP contribution in [0.25, 0.3) is 0 Å². The van der Waals surface area contributed by atoms with Crippen LogP contribution in [-0.4, -0.2) is 25.3 Å². The number of aldehydes is 1. The first-order valence-corrected chi connectivity index (χ1v) is 4.23. The number of aliphatic hydroxyl groups excluding tert-OH is 1. The molecule has 0 fully saturated rings. The summed E-state index contributed by atoms with van der Waals surface area (Å²) in [6.45, 7) is -0.596. The highest BCUT2D eigenvalue weighted by molar-refractivity contribution is 5.81. The van der Waals surface area contributed by atoms with E-state index in [0.29, 0.717) is 6.29 Å². The molecule has 0 bridgehead atoms. The molecule has 82 valence electrons. The SMILES string of the molecule is COCOc1ccc(F)c(CO)c1C=O. The molecule has 0 aliphatic heterocycles. The molecule has 0 spiro atoms. The van der Waals surface area contributed by atoms with Crippen molar-refractivity contribution in [1.29, 1.82) is 0 Å². The second-order valence-electron chi connectivity index (χ2n) is 2.76. The fourth-order valence-electron chi connectivity index (χ4n) is 1.15. The second-order valence-corrected chi connectivity index (χ2v) is 2.76. The van der Waals surface area contributed by atoms with E-state index in [1.807, 2.05) is 0 Å². The summed E-state index contributed by atoms with van der Waals surface area (Å²) in [5, 5.41) is 8.89. The Balaban J connectivity index is 3.10. The summed E-state index contributed by atoms with van der Waals surface area (Å²) in [4.78, 5) is 10.7. The van der Waals surface area contributed by atoms with Gasteiger partial charge in [-0.15, -0.1) is 0 Å². The lowest BCUT2D eigenvalue weighted by atomic mass is 10.1. The van der Waals surface area contributed by atoms with Crippen LogP contribution in [0.5, 0.6) is 5.75 Å². The van der Waals surface area contributed by atoms with Gasteiger partial charge in [0.2, 0.25) is 0 Å². The summed E-state index contributed by atoms with van der Waals surface area (Å²) in [5.41, 5.74) is -0.0619. The Morgan fingerprint density at radius 2 is 2.27 bits per heavy atom. The van der Waals surface area contributed by atoms with Gasteiger partial charge >= 0.3 is 0 Å². The number of methoxy groups -OCH3 is 1. The van der Waals surface area contributed by atoms with Crippen molar-refractivity contribution in [2.45, 2.75) is 6.61 Å². The average Bonchev–Trinajstić information content (AvgIpc) is 2.26. The molecule has 0 atom stereocenters. The lowest BCUT2D eigenvalue weighted by Gasteiger charge is -2.10. The van der Waals surface area contributed by atoms with Crippen molar-refractivity contribution >= 4 is 6.29 Å². The van der Waals surface area contributed by atoms with Gasteiger partial charge in [0.15, 0.2) is 13.1 Å². The Hall–Kier alpha value is -1.46. The molecular formula is C10H11FO4. The third-order valence-corrected chi connectivity index (χ3v) is 1.87. The first-order valence-electron chi connectivity index (χ1n) is 4.23. The van der Waals surface area contributed by atoms with Crippen LogP contribution in [0.2, 0.25) is 0 Å². The minimum absolute atomic E-state index is 0.00884. The lowest BCUT2D eigenvalue weighted by molar-refractivity contribution is 0.0503. The van der Waals surface area contributed by atoms with Gasteiger partial charge in [-0.1, -0.05) is 0 Å². The molecule has 4 nitrogen and oxygen atoms in total. The molecule has 5 heteroatoms. The van der Waals surface area contributed by atoms with Gasteiger partial charge in [0.25, 0.3) is 0 Å². The van der Waals surface area contributed by atoms with Gasteiger partial charge in [-0.05, 0) is 12.1 Å². The number of aliphatic hydroxyl groups is 1. The van der Waals surface area contributed by atoms with Gasteiger partial charge in [-0.2, -0.15) is 0 Å². The summed E-state index contributed by atoms with van der Waals surface area (Å²) >= 11 is 0. The van der Waals surface area contributed by atoms with E-state index in [0.717, 1.165) is 6.07 Å². The molecule has 0 aromatic heterocycles. The van der Waals surface area contributed by atoms with Crippen molar-refractivity contribution in [3.8, 4) is 5.75 Å². The summed E-state index contributed by atoms with van der Waals surface area (Å²) in [6, 6.07) is 2.45. The number of hydrogen-bond acceptors (Lipinski definition) is 4. The molecule has 0 saturated carbocycles. The van der Waals surface area contributed by atoms with Gasteiger partial charge in [-0.3, -0.25) is 4.79 Å². The summed E-state index contributed by atoms with van der Waals surface area (Å²) < 4.78 is 22.8. The normalized spacial score (nSPS) is 10.1. The van der Waals surface area contributed by atoms with Crippen molar-refractivity contribution in [2.75, 3.05) is 13.9 Å². The second kappa shape index (κ2) is 5.43. The van der Waals surface area contributed by atoms with E-state index in [2.05, 4.69) is 4.74 Å². The van der Waals surface area contributed by atoms with Crippen molar-refractivity contribution < 1.29 is 23.8 Å². The highest BCUT2D eigenvalue weighted by atomic mass is 19.1. The molecule has 0 aliphatic carbocycles. The number of carbonyl (C=O) groups excluding carboxylic acids is 1. The van der Waals surface area contributed by atoms with E-state index in [4.69, 9.17) is 9.84 Å². The predicted molar refractivity (Wildman–Crippen MR) is 50.2 cm³/mol. The fourth-order valence-corrected chi connectivity index (χ4v) is 1.15. The topological polar surface area (TPSA) is 55.8 Å². The molecule has 0 heterocycles. The number of halogens is 1. The number of benzene rings is 1. The Labute approximate surface area is 86.2 Å². The standard InChI is InChI=1S/C10H11FO4/c1-14-6-15-10-3-2-9(11)7(4-12)8(10)5-13/h2-3,5,12H,4,6H2,1H3. The lowest BCUT2D eigenvalue weighted by Crippen LogP contribution is -2.05. The number of hydrogen-bond donors (Lipinski definition) is 1. The Morgan fingerprint density at radius 3 is 2.80 bits per heavy atom. The average molecular weight is 214 g/mol. The molecular weight excluding hydrogens is 203 g/mol. The number of ether oxygens (including phenoxy) is 2. The van der Waals surface area contributed by atoms with Gasteiger partial charge < -0.3 is 14.6 Å². The van der Waals surface area contributed by atoms with Crippen molar-refractivity contribution in [2.24, 2.45) is 0 Å². The van der Waals surface area contributed by atoms with Gasteiger partial charge in [0.05, 0.1) is 12.2 Å². The number of carbonyl (C=O) groups is 1. The largest absolute Gasteiger partial charge is 0.467 e. The maximum atomic E-state index is 13.1. The van der Waals surface area contributed by atoms with E-state index >= 15 is 0 Å². The Kier molecular flexibility index (Phi) is 4.20. The zero-order valence-electron chi connectivity index (χ0n) is 8.20. The van der Waals surface area contributed by atoms with Crippen LogP contribution >= 0.6 is 0 Å². The Bertz CT molecular complexity index is 352. The van der Waals surface area contributed by atoms with E-state index in [-0.39, 0.29) is 23.7 Å². The molecule has 1 aromatic rings. The van der Waals surface area contributed by atoms with Crippen molar-refractivity contribution in [1.82, 2.24) is 0 Å². The quantitative estimate of drug-likeness (QED) is 0.589. The minimum Gasteiger partial charge on any atom is -0.467 e. The van der Waals surface area contributed by atoms with Crippen LogP contribution in [0.15, 0.2) is 12.1 Å². The third-order valence-electron chi connectivity index (χ3n) is 1.87. The monoisotopic (exact) mass is 214 g/mol. The third kappa shape index (κ3) is 2.51. The minimum atomic E-state index is -0.635. The predicted octanol–water partition coefficient (Wildman–Crippen LogP) is 1.11. The highest BCUT2D eigenvalue weighted by Gasteiger charge is 2.13. The first-order chi connectivity index (χ1) is 7.24. The van der Waals surface area contributed by atoms with E-state index in [1.54, 1.807) is 0 Å². The number of rotatable bonds is 5. The van der Waals surface area contributed by atoms with Crippen molar-refractivity contribution in [3.63, 3.8) is 0 Å². The maximum absolute atomic E-state index is 13.1. The van der Waals surface area contributed by atoms with Crippen LogP contribution in [0, 0.1) is 5.82 Å². The molecule has 1 N–H and O–H groups in total. The summed E-state index contributed by atoms with van der Waals surface area (Å²) in [5.74, 6) is -0.443. The van der Waals surface area contributed by atoms with Crippen LogP contribution in [0.3, 0.4) is 0 Å². The fraction of sp³-hybridized carbons (Fsp3) is 0.300. The molecule has 0 saturated heterocycles. The maximum Gasteiger partial charge on any atom is 0.188 e. The van der Waals surface area contributed by atoms with Crippen molar-refractivity contribution in [3.05, 3.63) is 29.1 Å². The van der Waals surface area contributed by atoms with Crippen LogP contribution in [0.4, 0.5) is 4.39 Å². The van der Waals surface area contributed by atoms with E-state index in [1.165, 1.54) is 13.2 Å². The molecule has 15 heavy (non-hydrogen) atoms. The van der Waals surface area contributed by atoms with Crippen LogP contribution < -0.4 is 4.74 Å². The van der Waals surface area contributed by atoms with Gasteiger partial charge in [0.1, 0.15) is 11.6 Å². The molecule has 0 unspecified atom stereocenters. The van der Waals surface area contributed by atoms with E-state index in [9.17, 15) is 9.18 Å². The van der Waals surface area contributed by atoms with Crippen LogP contribution in [0.1, 0.15) is 15.9 Å². The zero-order chi connectivity index (χ0) is 11.3. The summed E-state index contributed by atoms with van der Waals surface area (Å²) in [6.07, 6.45) is 0.444. The summed E-state index contributed by atoms with van der Waals surface area (Å²) in [7, 11) is 1.43. The molecule has 1 rings (SSSR count). The first kappa shape index (κ1) is 11.6. The molecule has 0 aliphatic rings. The highest BCUT2D eigenvalue weighted by Crippen LogP contribution is 2.23. The van der Waals surface area contributed by atoms with Gasteiger partial charge in [0, 0.05) is 12.7 Å². The molecule has 0 amide bonds. The molecule has 1 aromatic carbocycles. The Morgan fingerprint density at radius 1 is 1.53 bits per heavy atom. The smallest absolute Gasteiger partial charge is 0.188 e. The molecule has 0 radical (unpaired) electrons.